The Labute approximate surface area is 323 Å². The number of rotatable bonds is 6. The number of aryl methyl sites for hydroxylation is 2. The average molecular weight is 781 g/mol. The van der Waals surface area contributed by atoms with E-state index in [1.165, 1.54) is 0 Å². The molecule has 294 valence electrons. The minimum absolute atomic E-state index is 0.0125. The maximum atomic E-state index is 15.2. The van der Waals surface area contributed by atoms with Crippen LogP contribution in [0.25, 0.3) is 10.8 Å². The molecule has 2 saturated heterocycles. The molecule has 53 heavy (non-hydrogen) atoms. The van der Waals surface area contributed by atoms with Gasteiger partial charge in [-0.05, 0) is 86.0 Å². The number of fused-ring (bicyclic) bond motifs is 4. The van der Waals surface area contributed by atoms with Crippen LogP contribution in [0.3, 0.4) is 0 Å². The third kappa shape index (κ3) is 6.02. The summed E-state index contributed by atoms with van der Waals surface area (Å²) >= 11 is 0. The predicted molar refractivity (Wildman–Crippen MR) is 223 cm³/mol. The fourth-order valence-corrected chi connectivity index (χ4v) is 16.2. The molecule has 2 fully saturated rings. The highest BCUT2D eigenvalue weighted by molar-refractivity contribution is 6.75. The Morgan fingerprint density at radius 3 is 1.94 bits per heavy atom. The first-order chi connectivity index (χ1) is 23.9. The molecule has 1 unspecified atom stereocenters. The van der Waals surface area contributed by atoms with E-state index in [4.69, 9.17) is 27.2 Å². The van der Waals surface area contributed by atoms with Gasteiger partial charge in [-0.3, -0.25) is 4.79 Å². The number of Topliss-reactive ketones (excluding diaryl/α,β-unsaturated/α-hetero) is 1. The van der Waals surface area contributed by atoms with Gasteiger partial charge in [0.05, 0.1) is 10.9 Å². The topological polar surface area (TPSA) is 72.5 Å². The molecule has 0 saturated carbocycles. The lowest BCUT2D eigenvalue weighted by atomic mass is 9.76. The van der Waals surface area contributed by atoms with Gasteiger partial charge in [0.25, 0.3) is 0 Å². The second kappa shape index (κ2) is 12.3. The van der Waals surface area contributed by atoms with E-state index < -0.39 is 49.3 Å². The van der Waals surface area contributed by atoms with Crippen molar-refractivity contribution < 1.29 is 32.0 Å². The van der Waals surface area contributed by atoms with Crippen molar-refractivity contribution in [3.63, 3.8) is 0 Å². The lowest BCUT2D eigenvalue weighted by Gasteiger charge is -2.52. The number of hydrogen-bond acceptors (Lipinski definition) is 7. The van der Waals surface area contributed by atoms with E-state index in [0.29, 0.717) is 17.7 Å². The summed E-state index contributed by atoms with van der Waals surface area (Å²) in [5.74, 6) is 0.610. The van der Waals surface area contributed by atoms with Crippen molar-refractivity contribution in [2.75, 3.05) is 0 Å². The Hall–Kier alpha value is -1.80. The van der Waals surface area contributed by atoms with Crippen molar-refractivity contribution in [2.24, 2.45) is 5.92 Å². The van der Waals surface area contributed by atoms with Crippen LogP contribution in [0, 0.1) is 19.8 Å². The molecule has 0 amide bonds. The molecule has 0 aromatic heterocycles. The van der Waals surface area contributed by atoms with Crippen LogP contribution in [0.4, 0.5) is 0 Å². The summed E-state index contributed by atoms with van der Waals surface area (Å²) in [6, 6.07) is 2.26. The maximum Gasteiger partial charge on any atom is 0.471 e. The Morgan fingerprint density at radius 1 is 0.887 bits per heavy atom. The van der Waals surface area contributed by atoms with E-state index in [0.717, 1.165) is 44.3 Å². The van der Waals surface area contributed by atoms with Crippen molar-refractivity contribution in [3.05, 3.63) is 46.0 Å². The molecule has 0 radical (unpaired) electrons. The SMILES string of the molecule is C=C1C(O[Si](C)(C)C)[C@H]2O[C@]1(C(C)C)O[C@@H]2c1c(C)cc2c(C)c3c(c4c2c1O[Si](C(C)(C)C)(C(C)(C)C)O4)C(=O)[C@@H](O[Si](C)(C)C(C)(C)C)C[C@@H]3C. The van der Waals surface area contributed by atoms with E-state index in [1.807, 2.05) is 0 Å². The van der Waals surface area contributed by atoms with Gasteiger partial charge in [-0.15, -0.1) is 0 Å². The van der Waals surface area contributed by atoms with Crippen molar-refractivity contribution in [1.29, 1.82) is 0 Å². The molecule has 6 rings (SSSR count). The van der Waals surface area contributed by atoms with Gasteiger partial charge in [0.2, 0.25) is 0 Å². The minimum atomic E-state index is -3.30. The molecular formula is C43H68O7Si3. The summed E-state index contributed by atoms with van der Waals surface area (Å²) in [7, 11) is -7.59. The zero-order valence-electron chi connectivity index (χ0n) is 36.3. The van der Waals surface area contributed by atoms with Crippen molar-refractivity contribution in [1.82, 2.24) is 0 Å². The summed E-state index contributed by atoms with van der Waals surface area (Å²) in [4.78, 5) is 15.2. The van der Waals surface area contributed by atoms with E-state index >= 15 is 4.79 Å². The van der Waals surface area contributed by atoms with E-state index in [9.17, 15) is 0 Å². The summed E-state index contributed by atoms with van der Waals surface area (Å²) in [5, 5.41) is 1.13. The third-order valence-corrected chi connectivity index (χ3v) is 23.3. The number of carbonyl (C=O) groups is 1. The van der Waals surface area contributed by atoms with Crippen LogP contribution in [0.5, 0.6) is 11.5 Å². The minimum Gasteiger partial charge on any atom is -0.510 e. The number of hydrogen-bond donors (Lipinski definition) is 0. The van der Waals surface area contributed by atoms with E-state index in [2.05, 4.69) is 142 Å². The fraction of sp³-hybridized carbons (Fsp3) is 0.698. The number of ether oxygens (including phenoxy) is 2. The molecule has 3 heterocycles. The first kappa shape index (κ1) is 40.9. The Bertz CT molecular complexity index is 1860. The summed E-state index contributed by atoms with van der Waals surface area (Å²) < 4.78 is 43.1. The second-order valence-corrected chi connectivity index (χ2v) is 35.3. The highest BCUT2D eigenvalue weighted by Crippen LogP contribution is 2.64. The van der Waals surface area contributed by atoms with E-state index in [1.54, 1.807) is 0 Å². The first-order valence-electron chi connectivity index (χ1n) is 19.9. The van der Waals surface area contributed by atoms with Gasteiger partial charge < -0.3 is 27.2 Å². The maximum absolute atomic E-state index is 15.2. The quantitative estimate of drug-likeness (QED) is 0.213. The standard InChI is InChI=1S/C43H68O7Si3/c1-23(2)43-27(6)35(48-51(16,17)18)39(46-43)38(45-43)31-24(3)21-28-26(5)30-25(4)22-29(47-52(19,20)40(7,8)9)34(44)33(30)37-32(28)36(31)49-53(50-37,41(10,11)12)42(13,14)15/h21,23,25,29,35,38-39H,6,22H2,1-5,7-20H3/t25-,29-,35?,38+,39+,43-/m0/s1. The average Bonchev–Trinajstić information content (AvgIpc) is 3.49. The Kier molecular flexibility index (Phi) is 9.52. The summed E-state index contributed by atoms with van der Waals surface area (Å²) in [6.07, 6.45) is -1.06. The number of benzene rings is 2. The molecule has 2 aromatic carbocycles. The highest BCUT2D eigenvalue weighted by Gasteiger charge is 2.67. The number of ketones is 1. The summed E-state index contributed by atoms with van der Waals surface area (Å²) in [5.41, 5.74) is 5.75. The summed E-state index contributed by atoms with van der Waals surface area (Å²) in [6.45, 7) is 46.5. The van der Waals surface area contributed by atoms with Crippen molar-refractivity contribution >= 4 is 41.8 Å². The van der Waals surface area contributed by atoms with E-state index in [-0.39, 0.29) is 38.8 Å². The Morgan fingerprint density at radius 2 is 1.45 bits per heavy atom. The van der Waals surface area contributed by atoms with Gasteiger partial charge in [0.15, 0.2) is 28.2 Å². The molecule has 4 aliphatic rings. The van der Waals surface area contributed by atoms with Crippen LogP contribution in [0.1, 0.15) is 134 Å². The van der Waals surface area contributed by atoms with Crippen molar-refractivity contribution in [2.45, 2.75) is 187 Å². The zero-order chi connectivity index (χ0) is 40.0. The number of carbonyl (C=O) groups excluding carboxylic acids is 1. The second-order valence-electron chi connectivity index (χ2n) is 21.4. The lowest BCUT2D eigenvalue weighted by molar-refractivity contribution is -0.161. The molecule has 7 nitrogen and oxygen atoms in total. The normalized spacial score (nSPS) is 28.8. The van der Waals surface area contributed by atoms with Crippen LogP contribution < -0.4 is 8.85 Å². The molecule has 0 spiro atoms. The van der Waals surface area contributed by atoms with Crippen LogP contribution in [0.2, 0.25) is 47.8 Å². The van der Waals surface area contributed by atoms with Gasteiger partial charge in [-0.25, -0.2) is 0 Å². The molecule has 0 N–H and O–H groups in total. The smallest absolute Gasteiger partial charge is 0.471 e. The Balaban J connectivity index is 1.68. The molecule has 6 atom stereocenters. The highest BCUT2D eigenvalue weighted by atomic mass is 28.4. The van der Waals surface area contributed by atoms with Crippen LogP contribution >= 0.6 is 0 Å². The van der Waals surface area contributed by atoms with Gasteiger partial charge >= 0.3 is 8.56 Å². The largest absolute Gasteiger partial charge is 0.510 e. The van der Waals surface area contributed by atoms with Crippen molar-refractivity contribution in [3.8, 4) is 11.5 Å². The monoisotopic (exact) mass is 780 g/mol. The third-order valence-electron chi connectivity index (χ3n) is 12.9. The molecular weight excluding hydrogens is 713 g/mol. The molecule has 10 heteroatoms. The first-order valence-corrected chi connectivity index (χ1v) is 28.0. The molecule has 2 aromatic rings. The lowest BCUT2D eigenvalue weighted by Crippen LogP contribution is -2.63. The molecule has 1 aliphatic carbocycles. The van der Waals surface area contributed by atoms with Gasteiger partial charge in [-0.1, -0.05) is 95.7 Å². The molecule has 2 bridgehead atoms. The van der Waals surface area contributed by atoms with Gasteiger partial charge in [-0.2, -0.15) is 0 Å². The van der Waals surface area contributed by atoms with Gasteiger partial charge in [0, 0.05) is 27.1 Å². The van der Waals surface area contributed by atoms with Crippen LogP contribution in [-0.4, -0.2) is 55.1 Å². The fourth-order valence-electron chi connectivity index (χ4n) is 9.41. The van der Waals surface area contributed by atoms with Crippen LogP contribution in [0.15, 0.2) is 18.2 Å². The van der Waals surface area contributed by atoms with Crippen LogP contribution in [-0.2, 0) is 18.3 Å². The molecule has 3 aliphatic heterocycles. The predicted octanol–water partition coefficient (Wildman–Crippen LogP) is 11.9. The zero-order valence-corrected chi connectivity index (χ0v) is 39.3. The van der Waals surface area contributed by atoms with Gasteiger partial charge in [0.1, 0.15) is 35.9 Å².